The highest BCUT2D eigenvalue weighted by molar-refractivity contribution is 7.60. The first-order valence-corrected chi connectivity index (χ1v) is 12.2. The van der Waals surface area contributed by atoms with E-state index in [2.05, 4.69) is 5.32 Å². The Morgan fingerprint density at radius 1 is 1.13 bits per heavy atom. The number of hydrogen-bond donors (Lipinski definition) is 2. The van der Waals surface area contributed by atoms with Gasteiger partial charge in [-0.2, -0.15) is 0 Å². The lowest BCUT2D eigenvalue weighted by atomic mass is 10.0. The molecule has 1 amide bonds. The molecule has 1 rings (SSSR count). The number of ether oxygens (including phenoxy) is 1. The number of hydrogen-bond acceptors (Lipinski definition) is 6. The first kappa shape index (κ1) is 26.7. The first-order chi connectivity index (χ1) is 14.4. The molecule has 4 atom stereocenters. The molecule has 0 saturated carbocycles. The molecule has 2 N–H and O–H groups in total. The molecule has 1 aromatic rings. The van der Waals surface area contributed by atoms with Crippen molar-refractivity contribution < 1.29 is 33.3 Å². The van der Waals surface area contributed by atoms with E-state index in [9.17, 15) is 24.1 Å². The van der Waals surface area contributed by atoms with E-state index in [1.54, 1.807) is 37.3 Å². The largest absolute Gasteiger partial charge is 0.480 e. The molecule has 9 nitrogen and oxygen atoms in total. The lowest BCUT2D eigenvalue weighted by molar-refractivity contribution is -0.160. The lowest BCUT2D eigenvalue weighted by Crippen LogP contribution is -2.50. The van der Waals surface area contributed by atoms with Crippen molar-refractivity contribution in [1.82, 2.24) is 5.32 Å². The average molecular weight is 456 g/mol. The predicted molar refractivity (Wildman–Crippen MR) is 118 cm³/mol. The Kier molecular flexibility index (Phi) is 10.2. The summed E-state index contributed by atoms with van der Waals surface area (Å²) < 4.78 is 25.5. The van der Waals surface area contributed by atoms with Gasteiger partial charge in [-0.3, -0.25) is 23.3 Å². The van der Waals surface area contributed by atoms with Crippen LogP contribution in [0, 0.1) is 5.92 Å². The van der Waals surface area contributed by atoms with E-state index in [0.717, 1.165) is 0 Å². The molecule has 0 bridgehead atoms. The molecule has 0 aliphatic heterocycles. The van der Waals surface area contributed by atoms with Crippen molar-refractivity contribution in [2.75, 3.05) is 11.3 Å². The van der Waals surface area contributed by atoms with Gasteiger partial charge in [0.05, 0.1) is 0 Å². The highest BCUT2D eigenvalue weighted by Crippen LogP contribution is 2.52. The molecule has 0 spiro atoms. The van der Waals surface area contributed by atoms with Crippen LogP contribution in [0.4, 0.5) is 5.69 Å². The minimum Gasteiger partial charge on any atom is -0.480 e. The zero-order valence-electron chi connectivity index (χ0n) is 18.9. The van der Waals surface area contributed by atoms with Gasteiger partial charge < -0.3 is 15.2 Å². The zero-order chi connectivity index (χ0) is 23.8. The third-order valence-corrected chi connectivity index (χ3v) is 6.46. The molecule has 2 unspecified atom stereocenters. The van der Waals surface area contributed by atoms with Crippen LogP contribution >= 0.6 is 7.52 Å². The fourth-order valence-electron chi connectivity index (χ4n) is 3.04. The standard InChI is InChI=1S/C21H33N2O7P/c1-7-19(24)29-16(5)30-31(6,28)23(17-11-9-8-10-12-17)15(4)20(25)22-18(21(26)27)13-14(2)3/h8-12,14-16,18H,7,13H2,1-6H3,(H,22,25)(H,26,27)/t15-,16?,18-,31?/m0/s1. The molecule has 0 heterocycles. The van der Waals surface area contributed by atoms with Gasteiger partial charge >= 0.3 is 11.9 Å². The number of rotatable bonds is 12. The second-order valence-corrected chi connectivity index (χ2v) is 9.95. The quantitative estimate of drug-likeness (QED) is 0.278. The molecule has 0 aliphatic carbocycles. The Bertz CT molecular complexity index is 800. The topological polar surface area (TPSA) is 122 Å². The van der Waals surface area contributed by atoms with Gasteiger partial charge in [-0.05, 0) is 38.3 Å². The summed E-state index contributed by atoms with van der Waals surface area (Å²) in [6, 6.07) is 6.42. The summed E-state index contributed by atoms with van der Waals surface area (Å²) in [5.74, 6) is -2.21. The highest BCUT2D eigenvalue weighted by atomic mass is 31.2. The Morgan fingerprint density at radius 2 is 1.71 bits per heavy atom. The molecule has 1 aromatic carbocycles. The second-order valence-electron chi connectivity index (χ2n) is 7.70. The van der Waals surface area contributed by atoms with Crippen molar-refractivity contribution in [1.29, 1.82) is 0 Å². The van der Waals surface area contributed by atoms with E-state index < -0.39 is 43.7 Å². The van der Waals surface area contributed by atoms with E-state index in [-0.39, 0.29) is 18.8 Å². The summed E-state index contributed by atoms with van der Waals surface area (Å²) in [5, 5.41) is 12.0. The van der Waals surface area contributed by atoms with Crippen molar-refractivity contribution >= 4 is 31.1 Å². The number of anilines is 1. The monoisotopic (exact) mass is 456 g/mol. The molecule has 10 heteroatoms. The second kappa shape index (κ2) is 11.9. The van der Waals surface area contributed by atoms with E-state index in [4.69, 9.17) is 9.26 Å². The number of esters is 1. The summed E-state index contributed by atoms with van der Waals surface area (Å²) >= 11 is 0. The van der Waals surface area contributed by atoms with Crippen molar-refractivity contribution in [2.45, 2.75) is 65.8 Å². The lowest BCUT2D eigenvalue weighted by Gasteiger charge is -2.36. The van der Waals surface area contributed by atoms with Gasteiger partial charge in [0, 0.05) is 18.8 Å². The summed E-state index contributed by atoms with van der Waals surface area (Å²) in [7, 11) is -3.70. The van der Waals surface area contributed by atoms with Gasteiger partial charge in [0.25, 0.3) is 7.52 Å². The normalized spacial score (nSPS) is 16.0. The first-order valence-electron chi connectivity index (χ1n) is 10.2. The Hall–Kier alpha value is -2.38. The number of para-hydroxylation sites is 1. The Morgan fingerprint density at radius 3 is 2.19 bits per heavy atom. The molecule has 174 valence electrons. The zero-order valence-corrected chi connectivity index (χ0v) is 19.8. The Labute approximate surface area is 183 Å². The fraction of sp³-hybridized carbons (Fsp3) is 0.571. The number of aliphatic carboxylic acids is 1. The summed E-state index contributed by atoms with van der Waals surface area (Å²) in [6.07, 6.45) is -0.712. The van der Waals surface area contributed by atoms with Gasteiger partial charge in [-0.15, -0.1) is 0 Å². The van der Waals surface area contributed by atoms with Crippen LogP contribution in [0.3, 0.4) is 0 Å². The Balaban J connectivity index is 3.18. The molecular weight excluding hydrogens is 423 g/mol. The number of benzene rings is 1. The number of nitrogens with one attached hydrogen (secondary N) is 1. The number of carboxylic acid groups (broad SMARTS) is 1. The predicted octanol–water partition coefficient (Wildman–Crippen LogP) is 3.64. The third kappa shape index (κ3) is 8.34. The third-order valence-electron chi connectivity index (χ3n) is 4.41. The van der Waals surface area contributed by atoms with Crippen LogP contribution in [0.25, 0.3) is 0 Å². The van der Waals surface area contributed by atoms with Crippen molar-refractivity contribution in [3.05, 3.63) is 30.3 Å². The maximum atomic E-state index is 13.6. The van der Waals surface area contributed by atoms with Crippen molar-refractivity contribution in [2.24, 2.45) is 5.92 Å². The molecule has 0 radical (unpaired) electrons. The van der Waals surface area contributed by atoms with Crippen LogP contribution < -0.4 is 9.99 Å². The van der Waals surface area contributed by atoms with E-state index in [1.807, 2.05) is 13.8 Å². The number of carbonyl (C=O) groups is 3. The summed E-state index contributed by atoms with van der Waals surface area (Å²) in [6.45, 7) is 9.62. The number of carbonyl (C=O) groups excluding carboxylic acids is 2. The number of carboxylic acids is 1. The highest BCUT2D eigenvalue weighted by Gasteiger charge is 2.37. The van der Waals surface area contributed by atoms with Crippen LogP contribution in [0.1, 0.15) is 47.5 Å². The van der Waals surface area contributed by atoms with Crippen molar-refractivity contribution in [3.63, 3.8) is 0 Å². The van der Waals surface area contributed by atoms with Crippen LogP contribution in [0.15, 0.2) is 30.3 Å². The maximum Gasteiger partial charge on any atom is 0.326 e. The SMILES string of the molecule is CCC(=O)OC(C)OP(C)(=O)N(c1ccccc1)[C@@H](C)C(=O)N[C@@H](CC(C)C)C(=O)O. The number of amides is 1. The van der Waals surface area contributed by atoms with E-state index in [0.29, 0.717) is 5.69 Å². The van der Waals surface area contributed by atoms with Crippen LogP contribution in [-0.2, 0) is 28.2 Å². The van der Waals surface area contributed by atoms with E-state index in [1.165, 1.54) is 25.2 Å². The molecule has 0 fully saturated rings. The molecule has 0 aromatic heterocycles. The molecular formula is C21H33N2O7P. The van der Waals surface area contributed by atoms with Gasteiger partial charge in [-0.1, -0.05) is 39.0 Å². The summed E-state index contributed by atoms with van der Waals surface area (Å²) in [5.41, 5.74) is 0.445. The minimum atomic E-state index is -3.70. The smallest absolute Gasteiger partial charge is 0.326 e. The van der Waals surface area contributed by atoms with Crippen LogP contribution in [0.5, 0.6) is 0 Å². The molecule has 0 aliphatic rings. The van der Waals surface area contributed by atoms with Crippen molar-refractivity contribution in [3.8, 4) is 0 Å². The molecule has 0 saturated heterocycles. The van der Waals surface area contributed by atoms with Gasteiger partial charge in [0.2, 0.25) is 12.2 Å². The average Bonchev–Trinajstić information content (AvgIpc) is 2.66. The van der Waals surface area contributed by atoms with Gasteiger partial charge in [0.15, 0.2) is 0 Å². The van der Waals surface area contributed by atoms with E-state index >= 15 is 0 Å². The molecule has 31 heavy (non-hydrogen) atoms. The van der Waals surface area contributed by atoms with Crippen LogP contribution in [-0.4, -0.2) is 48.0 Å². The minimum absolute atomic E-state index is 0.0524. The van der Waals surface area contributed by atoms with Gasteiger partial charge in [-0.25, -0.2) is 4.79 Å². The van der Waals surface area contributed by atoms with Gasteiger partial charge in [0.1, 0.15) is 12.1 Å². The maximum absolute atomic E-state index is 13.6. The van der Waals surface area contributed by atoms with Crippen LogP contribution in [0.2, 0.25) is 0 Å². The summed E-state index contributed by atoms with van der Waals surface area (Å²) in [4.78, 5) is 36.0. The number of nitrogens with zero attached hydrogens (tertiary/aromatic N) is 1. The fourth-order valence-corrected chi connectivity index (χ4v) is 5.02.